The summed E-state index contributed by atoms with van der Waals surface area (Å²) >= 11 is 0. The number of hydrogen-bond acceptors (Lipinski definition) is 15. The molecule has 0 spiro atoms. The fraction of sp³-hybridized carbons (Fsp3) is 0.950. The molecule has 0 aliphatic carbocycles. The van der Waals surface area contributed by atoms with Crippen LogP contribution in [0.3, 0.4) is 0 Å². The molecule has 0 heterocycles. The molecule has 0 aromatic rings. The van der Waals surface area contributed by atoms with Crippen molar-refractivity contribution in [1.82, 2.24) is 0 Å². The normalized spacial score (nSPS) is 14.3. The van der Waals surface area contributed by atoms with Crippen LogP contribution in [0.15, 0.2) is 0 Å². The summed E-state index contributed by atoms with van der Waals surface area (Å²) in [5.41, 5.74) is 0. The van der Waals surface area contributed by atoms with Crippen molar-refractivity contribution in [3.8, 4) is 0 Å². The monoisotopic (exact) mass is 1450 g/mol. The SMILES string of the molecule is CCCCCCCCCCCCCCCCCCCCCCCC(=O)O[C@H](COC(=O)CCCCCCCCCCCCCC(C)C)COP(=O)(O)OC[C@@H](O)COP(=O)(O)OC[C@@H](COC(=O)CCCCCCCCC(C)CC)OC(=O)CCCCCCCCCCCCCC(C)C. The second-order valence-electron chi connectivity index (χ2n) is 30.0. The van der Waals surface area contributed by atoms with Gasteiger partial charge in [-0.25, -0.2) is 9.13 Å². The summed E-state index contributed by atoms with van der Waals surface area (Å²) in [5, 5.41) is 10.6. The zero-order chi connectivity index (χ0) is 73.0. The Morgan fingerprint density at radius 1 is 0.293 bits per heavy atom. The van der Waals surface area contributed by atoms with E-state index in [2.05, 4.69) is 48.5 Å². The van der Waals surface area contributed by atoms with E-state index in [-0.39, 0.29) is 25.7 Å². The fourth-order valence-electron chi connectivity index (χ4n) is 12.3. The third-order valence-electron chi connectivity index (χ3n) is 19.0. The summed E-state index contributed by atoms with van der Waals surface area (Å²) in [6, 6.07) is 0. The second-order valence-corrected chi connectivity index (χ2v) is 32.9. The Hall–Kier alpha value is -1.94. The molecule has 99 heavy (non-hydrogen) atoms. The van der Waals surface area contributed by atoms with Gasteiger partial charge in [-0.1, -0.05) is 363 Å². The van der Waals surface area contributed by atoms with Crippen LogP contribution in [0, 0.1) is 17.8 Å². The van der Waals surface area contributed by atoms with Gasteiger partial charge in [0.2, 0.25) is 0 Å². The van der Waals surface area contributed by atoms with E-state index in [4.69, 9.17) is 37.0 Å². The zero-order valence-electron chi connectivity index (χ0n) is 65.0. The lowest BCUT2D eigenvalue weighted by Crippen LogP contribution is -2.30. The van der Waals surface area contributed by atoms with Gasteiger partial charge in [-0.05, 0) is 43.4 Å². The molecule has 0 radical (unpaired) electrons. The van der Waals surface area contributed by atoms with Crippen LogP contribution in [0.1, 0.15) is 414 Å². The van der Waals surface area contributed by atoms with E-state index in [1.165, 1.54) is 218 Å². The van der Waals surface area contributed by atoms with Crippen molar-refractivity contribution in [2.75, 3.05) is 39.6 Å². The van der Waals surface area contributed by atoms with E-state index in [1.807, 2.05) is 0 Å². The highest BCUT2D eigenvalue weighted by molar-refractivity contribution is 7.47. The van der Waals surface area contributed by atoms with Crippen molar-refractivity contribution in [2.24, 2.45) is 17.8 Å². The molecular formula is C80H156O17P2. The molecule has 0 aromatic heterocycles. The molecule has 0 fully saturated rings. The largest absolute Gasteiger partial charge is 0.472 e. The number of aliphatic hydroxyl groups is 1. The summed E-state index contributed by atoms with van der Waals surface area (Å²) in [4.78, 5) is 73.0. The smallest absolute Gasteiger partial charge is 0.462 e. The lowest BCUT2D eigenvalue weighted by molar-refractivity contribution is -0.161. The minimum Gasteiger partial charge on any atom is -0.462 e. The standard InChI is InChI=1S/C80H156O17P2/c1-8-10-11-12-13-14-15-16-17-18-19-20-21-22-23-24-29-35-40-49-56-63-79(84)96-75(67-90-77(82)61-54-47-39-34-30-25-27-32-37-44-51-58-71(3)4)69-94-98(86,87)92-65-74(81)66-93-99(88,89)95-70-76(68-91-78(83)62-55-48-43-42-46-53-60-73(7)9-2)97-80(85)64-57-50-41-36-31-26-28-33-38-45-52-59-72(5)6/h71-76,81H,8-70H2,1-7H3,(H,86,87)(H,88,89)/t73?,74-,75-,76-/m1/s1. The predicted octanol–water partition coefficient (Wildman–Crippen LogP) is 23.7. The van der Waals surface area contributed by atoms with Gasteiger partial charge in [-0.3, -0.25) is 37.3 Å². The second kappa shape index (κ2) is 70.4. The molecule has 3 unspecified atom stereocenters. The molecule has 0 rings (SSSR count). The number of aliphatic hydroxyl groups excluding tert-OH is 1. The Kier molecular flexibility index (Phi) is 69.0. The molecule has 0 amide bonds. The number of unbranched alkanes of at least 4 members (excludes halogenated alkanes) is 45. The van der Waals surface area contributed by atoms with Gasteiger partial charge in [0.25, 0.3) is 0 Å². The average Bonchev–Trinajstić information content (AvgIpc) is 1.01. The predicted molar refractivity (Wildman–Crippen MR) is 405 cm³/mol. The first-order chi connectivity index (χ1) is 47.8. The van der Waals surface area contributed by atoms with Crippen LogP contribution < -0.4 is 0 Å². The average molecular weight is 1450 g/mol. The van der Waals surface area contributed by atoms with Gasteiger partial charge in [0, 0.05) is 25.7 Å². The Morgan fingerprint density at radius 2 is 0.515 bits per heavy atom. The van der Waals surface area contributed by atoms with E-state index in [0.29, 0.717) is 25.7 Å². The zero-order valence-corrected chi connectivity index (χ0v) is 66.8. The van der Waals surface area contributed by atoms with Crippen molar-refractivity contribution in [3.05, 3.63) is 0 Å². The third kappa shape index (κ3) is 72.8. The van der Waals surface area contributed by atoms with Crippen LogP contribution in [0.5, 0.6) is 0 Å². The lowest BCUT2D eigenvalue weighted by Gasteiger charge is -2.21. The first-order valence-electron chi connectivity index (χ1n) is 41.4. The first-order valence-corrected chi connectivity index (χ1v) is 44.4. The molecule has 19 heteroatoms. The van der Waals surface area contributed by atoms with E-state index >= 15 is 0 Å². The molecule has 3 N–H and O–H groups in total. The Balaban J connectivity index is 5.22. The minimum absolute atomic E-state index is 0.105. The Bertz CT molecular complexity index is 1920. The first kappa shape index (κ1) is 97.1. The Labute approximate surface area is 607 Å². The van der Waals surface area contributed by atoms with Gasteiger partial charge in [0.15, 0.2) is 12.2 Å². The molecule has 0 aliphatic rings. The number of phosphoric acid groups is 2. The third-order valence-corrected chi connectivity index (χ3v) is 20.9. The van der Waals surface area contributed by atoms with Crippen molar-refractivity contribution < 1.29 is 80.2 Å². The molecule has 17 nitrogen and oxygen atoms in total. The van der Waals surface area contributed by atoms with Crippen molar-refractivity contribution in [1.29, 1.82) is 0 Å². The highest BCUT2D eigenvalue weighted by Gasteiger charge is 2.30. The van der Waals surface area contributed by atoms with E-state index in [0.717, 1.165) is 114 Å². The highest BCUT2D eigenvalue weighted by atomic mass is 31.2. The van der Waals surface area contributed by atoms with Crippen molar-refractivity contribution in [2.45, 2.75) is 433 Å². The highest BCUT2D eigenvalue weighted by Crippen LogP contribution is 2.45. The number of esters is 4. The van der Waals surface area contributed by atoms with Crippen LogP contribution in [-0.4, -0.2) is 96.7 Å². The molecule has 0 saturated heterocycles. The maximum absolute atomic E-state index is 13.1. The van der Waals surface area contributed by atoms with Gasteiger partial charge >= 0.3 is 39.5 Å². The molecule has 0 saturated carbocycles. The number of hydrogen-bond donors (Lipinski definition) is 3. The van der Waals surface area contributed by atoms with Crippen LogP contribution >= 0.6 is 15.6 Å². The number of phosphoric ester groups is 2. The summed E-state index contributed by atoms with van der Waals surface area (Å²) in [7, 11) is -9.92. The molecule has 0 bridgehead atoms. The van der Waals surface area contributed by atoms with Crippen LogP contribution in [-0.2, 0) is 65.4 Å². The summed E-state index contributed by atoms with van der Waals surface area (Å²) in [6.07, 6.45) is 58.4. The maximum atomic E-state index is 13.1. The summed E-state index contributed by atoms with van der Waals surface area (Å²) < 4.78 is 68.7. The topological polar surface area (TPSA) is 237 Å². The van der Waals surface area contributed by atoms with Gasteiger partial charge < -0.3 is 33.8 Å². The lowest BCUT2D eigenvalue weighted by atomic mass is 10.00. The number of carbonyl (C=O) groups is 4. The van der Waals surface area contributed by atoms with Crippen LogP contribution in [0.2, 0.25) is 0 Å². The minimum atomic E-state index is -4.96. The van der Waals surface area contributed by atoms with Gasteiger partial charge in [-0.15, -0.1) is 0 Å². The number of ether oxygens (including phenoxy) is 4. The van der Waals surface area contributed by atoms with Crippen molar-refractivity contribution in [3.63, 3.8) is 0 Å². The van der Waals surface area contributed by atoms with Gasteiger partial charge in [0.1, 0.15) is 19.3 Å². The summed E-state index contributed by atoms with van der Waals surface area (Å²) in [5.74, 6) is 0.152. The van der Waals surface area contributed by atoms with E-state index < -0.39 is 97.5 Å². The molecular weight excluding hydrogens is 1290 g/mol. The molecule has 588 valence electrons. The molecule has 6 atom stereocenters. The van der Waals surface area contributed by atoms with Crippen molar-refractivity contribution >= 4 is 39.5 Å². The quantitative estimate of drug-likeness (QED) is 0.0222. The fourth-order valence-corrected chi connectivity index (χ4v) is 13.9. The van der Waals surface area contributed by atoms with E-state index in [1.54, 1.807) is 0 Å². The van der Waals surface area contributed by atoms with Gasteiger partial charge in [0.05, 0.1) is 26.4 Å². The number of rotatable bonds is 78. The summed E-state index contributed by atoms with van der Waals surface area (Å²) in [6.45, 7) is 11.9. The van der Waals surface area contributed by atoms with E-state index in [9.17, 15) is 43.2 Å². The van der Waals surface area contributed by atoms with Gasteiger partial charge in [-0.2, -0.15) is 0 Å². The number of carbonyl (C=O) groups excluding carboxylic acids is 4. The molecule has 0 aromatic carbocycles. The van der Waals surface area contributed by atoms with Crippen LogP contribution in [0.4, 0.5) is 0 Å². The molecule has 0 aliphatic heterocycles. The maximum Gasteiger partial charge on any atom is 0.472 e. The van der Waals surface area contributed by atoms with Crippen LogP contribution in [0.25, 0.3) is 0 Å². The Morgan fingerprint density at radius 3 is 0.768 bits per heavy atom.